The van der Waals surface area contributed by atoms with Gasteiger partial charge in [0.2, 0.25) is 11.7 Å². The maximum atomic E-state index is 12.0. The van der Waals surface area contributed by atoms with Crippen molar-refractivity contribution in [1.29, 1.82) is 0 Å². The van der Waals surface area contributed by atoms with Crippen LogP contribution in [0.25, 0.3) is 11.4 Å². The number of hydrogen-bond acceptors (Lipinski definition) is 7. The van der Waals surface area contributed by atoms with Crippen LogP contribution < -0.4 is 10.6 Å². The quantitative estimate of drug-likeness (QED) is 0.322. The summed E-state index contributed by atoms with van der Waals surface area (Å²) in [4.78, 5) is 23.5. The average Bonchev–Trinajstić information content (AvgIpc) is 3.20. The van der Waals surface area contributed by atoms with Gasteiger partial charge < -0.3 is 10.6 Å². The maximum absolute atomic E-state index is 12.0. The standard InChI is InChI=1S/C19H21N7O3/c1-2-14-3-5-15(6-4-14)19-22-24-25(23-19)13-18(27)21-12-11-20-16-7-9-17(10-8-16)26(28)29/h3-10,20H,2,11-13H2,1H3,(H,21,27). The van der Waals surface area contributed by atoms with Crippen molar-refractivity contribution in [1.82, 2.24) is 25.5 Å². The fraction of sp³-hybridized carbons (Fsp3) is 0.263. The predicted octanol–water partition coefficient (Wildman–Crippen LogP) is 2.04. The molecule has 150 valence electrons. The van der Waals surface area contributed by atoms with Crippen molar-refractivity contribution < 1.29 is 9.72 Å². The summed E-state index contributed by atoms with van der Waals surface area (Å²) in [7, 11) is 0. The SMILES string of the molecule is CCc1ccc(-c2nnn(CC(=O)NCCNc3ccc([N+](=O)[O-])cc3)n2)cc1. The van der Waals surface area contributed by atoms with E-state index >= 15 is 0 Å². The van der Waals surface area contributed by atoms with Crippen molar-refractivity contribution in [3.05, 3.63) is 64.2 Å². The molecular formula is C19H21N7O3. The summed E-state index contributed by atoms with van der Waals surface area (Å²) >= 11 is 0. The Hall–Kier alpha value is -3.82. The minimum atomic E-state index is -0.451. The number of tetrazole rings is 1. The number of carbonyl (C=O) groups is 1. The van der Waals surface area contributed by atoms with Crippen LogP contribution in [0.1, 0.15) is 12.5 Å². The van der Waals surface area contributed by atoms with Gasteiger partial charge in [-0.1, -0.05) is 31.2 Å². The second-order valence-electron chi connectivity index (χ2n) is 6.27. The lowest BCUT2D eigenvalue weighted by molar-refractivity contribution is -0.384. The van der Waals surface area contributed by atoms with Crippen molar-refractivity contribution >= 4 is 17.3 Å². The van der Waals surface area contributed by atoms with E-state index in [9.17, 15) is 14.9 Å². The first-order valence-corrected chi connectivity index (χ1v) is 9.17. The smallest absolute Gasteiger partial charge is 0.269 e. The third-order valence-electron chi connectivity index (χ3n) is 4.21. The Labute approximate surface area is 167 Å². The van der Waals surface area contributed by atoms with E-state index < -0.39 is 4.92 Å². The molecule has 10 heteroatoms. The molecule has 2 aromatic carbocycles. The fourth-order valence-corrected chi connectivity index (χ4v) is 2.61. The van der Waals surface area contributed by atoms with Gasteiger partial charge in [-0.05, 0) is 29.3 Å². The Morgan fingerprint density at radius 1 is 1.10 bits per heavy atom. The first-order chi connectivity index (χ1) is 14.0. The van der Waals surface area contributed by atoms with Crippen LogP contribution in [-0.2, 0) is 17.8 Å². The summed E-state index contributed by atoms with van der Waals surface area (Å²) < 4.78 is 0. The van der Waals surface area contributed by atoms with Gasteiger partial charge in [-0.15, -0.1) is 10.2 Å². The average molecular weight is 395 g/mol. The van der Waals surface area contributed by atoms with Crippen molar-refractivity contribution in [2.45, 2.75) is 19.9 Å². The molecule has 0 saturated carbocycles. The summed E-state index contributed by atoms with van der Waals surface area (Å²) in [5.41, 5.74) is 2.84. The summed E-state index contributed by atoms with van der Waals surface area (Å²) in [6.45, 7) is 2.92. The Morgan fingerprint density at radius 2 is 1.83 bits per heavy atom. The normalized spacial score (nSPS) is 10.5. The highest BCUT2D eigenvalue weighted by atomic mass is 16.6. The molecule has 0 saturated heterocycles. The van der Waals surface area contributed by atoms with Gasteiger partial charge in [-0.2, -0.15) is 4.80 Å². The van der Waals surface area contributed by atoms with Crippen LogP contribution >= 0.6 is 0 Å². The van der Waals surface area contributed by atoms with E-state index in [0.717, 1.165) is 17.7 Å². The van der Waals surface area contributed by atoms with Crippen molar-refractivity contribution in [2.75, 3.05) is 18.4 Å². The van der Waals surface area contributed by atoms with Gasteiger partial charge >= 0.3 is 0 Å². The molecule has 0 unspecified atom stereocenters. The van der Waals surface area contributed by atoms with Crippen molar-refractivity contribution in [3.8, 4) is 11.4 Å². The third-order valence-corrected chi connectivity index (χ3v) is 4.21. The number of non-ortho nitro benzene ring substituents is 1. The topological polar surface area (TPSA) is 128 Å². The van der Waals surface area contributed by atoms with E-state index in [1.54, 1.807) is 12.1 Å². The first kappa shape index (κ1) is 19.9. The highest BCUT2D eigenvalue weighted by Crippen LogP contribution is 2.15. The van der Waals surface area contributed by atoms with E-state index in [-0.39, 0.29) is 18.1 Å². The van der Waals surface area contributed by atoms with Crippen LogP contribution in [0.5, 0.6) is 0 Å². The van der Waals surface area contributed by atoms with E-state index in [1.165, 1.54) is 22.5 Å². The second-order valence-corrected chi connectivity index (χ2v) is 6.27. The lowest BCUT2D eigenvalue weighted by Gasteiger charge is -2.07. The van der Waals surface area contributed by atoms with E-state index in [2.05, 4.69) is 33.0 Å². The summed E-state index contributed by atoms with van der Waals surface area (Å²) in [6, 6.07) is 14.0. The van der Waals surface area contributed by atoms with E-state index in [1.807, 2.05) is 24.3 Å². The summed E-state index contributed by atoms with van der Waals surface area (Å²) in [6.07, 6.45) is 0.958. The number of benzene rings is 2. The number of nitrogens with zero attached hydrogens (tertiary/aromatic N) is 5. The Balaban J connectivity index is 1.42. The van der Waals surface area contributed by atoms with Gasteiger partial charge in [-0.25, -0.2) is 0 Å². The van der Waals surface area contributed by atoms with Gasteiger partial charge in [0.15, 0.2) is 0 Å². The van der Waals surface area contributed by atoms with Crippen LogP contribution in [0.15, 0.2) is 48.5 Å². The molecule has 3 rings (SSSR count). The number of aryl methyl sites for hydroxylation is 1. The zero-order chi connectivity index (χ0) is 20.6. The molecule has 0 spiro atoms. The number of nitro groups is 1. The number of aromatic nitrogens is 4. The third kappa shape index (κ3) is 5.58. The minimum Gasteiger partial charge on any atom is -0.383 e. The number of rotatable bonds is 9. The van der Waals surface area contributed by atoms with Crippen LogP contribution in [0.3, 0.4) is 0 Å². The molecule has 1 amide bonds. The molecule has 1 heterocycles. The van der Waals surface area contributed by atoms with Crippen LogP contribution in [0.4, 0.5) is 11.4 Å². The fourth-order valence-electron chi connectivity index (χ4n) is 2.61. The highest BCUT2D eigenvalue weighted by molar-refractivity contribution is 5.75. The Bertz CT molecular complexity index is 968. The number of anilines is 1. The molecule has 10 nitrogen and oxygen atoms in total. The van der Waals surface area contributed by atoms with Crippen LogP contribution in [0, 0.1) is 10.1 Å². The molecule has 0 radical (unpaired) electrons. The molecule has 3 aromatic rings. The minimum absolute atomic E-state index is 0.0302. The maximum Gasteiger partial charge on any atom is 0.269 e. The molecule has 0 fully saturated rings. The lowest BCUT2D eigenvalue weighted by atomic mass is 10.1. The molecule has 29 heavy (non-hydrogen) atoms. The Morgan fingerprint density at radius 3 is 2.48 bits per heavy atom. The van der Waals surface area contributed by atoms with Crippen molar-refractivity contribution in [2.24, 2.45) is 0 Å². The van der Waals surface area contributed by atoms with Gasteiger partial charge in [-0.3, -0.25) is 14.9 Å². The molecular weight excluding hydrogens is 374 g/mol. The van der Waals surface area contributed by atoms with E-state index in [0.29, 0.717) is 18.9 Å². The molecule has 0 atom stereocenters. The summed E-state index contributed by atoms with van der Waals surface area (Å²) in [5, 5.41) is 28.6. The number of nitro benzene ring substituents is 1. The lowest BCUT2D eigenvalue weighted by Crippen LogP contribution is -2.32. The zero-order valence-corrected chi connectivity index (χ0v) is 15.9. The highest BCUT2D eigenvalue weighted by Gasteiger charge is 2.09. The largest absolute Gasteiger partial charge is 0.383 e. The number of carbonyl (C=O) groups excluding carboxylic acids is 1. The number of amides is 1. The molecule has 0 aliphatic carbocycles. The molecule has 0 bridgehead atoms. The predicted molar refractivity (Wildman–Crippen MR) is 107 cm³/mol. The zero-order valence-electron chi connectivity index (χ0n) is 15.9. The van der Waals surface area contributed by atoms with Gasteiger partial charge in [0, 0.05) is 36.5 Å². The van der Waals surface area contributed by atoms with Gasteiger partial charge in [0.1, 0.15) is 6.54 Å². The van der Waals surface area contributed by atoms with E-state index in [4.69, 9.17) is 0 Å². The Kier molecular flexibility index (Phi) is 6.46. The number of nitrogens with one attached hydrogen (secondary N) is 2. The van der Waals surface area contributed by atoms with Gasteiger partial charge in [0.25, 0.3) is 5.69 Å². The second kappa shape index (κ2) is 9.40. The first-order valence-electron chi connectivity index (χ1n) is 9.17. The van der Waals surface area contributed by atoms with Gasteiger partial charge in [0.05, 0.1) is 4.92 Å². The monoisotopic (exact) mass is 395 g/mol. The van der Waals surface area contributed by atoms with Crippen molar-refractivity contribution in [3.63, 3.8) is 0 Å². The summed E-state index contributed by atoms with van der Waals surface area (Å²) in [5.74, 6) is 0.237. The van der Waals surface area contributed by atoms with Crippen LogP contribution in [-0.4, -0.2) is 44.1 Å². The van der Waals surface area contributed by atoms with Crippen LogP contribution in [0.2, 0.25) is 0 Å². The molecule has 0 aliphatic rings. The molecule has 1 aromatic heterocycles. The number of hydrogen-bond donors (Lipinski definition) is 2. The molecule has 0 aliphatic heterocycles. The molecule has 2 N–H and O–H groups in total.